The van der Waals surface area contributed by atoms with Crippen molar-refractivity contribution >= 4 is 5.69 Å². The molecular weight excluding hydrogens is 270 g/mol. The van der Waals surface area contributed by atoms with E-state index in [2.05, 4.69) is 62.1 Å². The van der Waals surface area contributed by atoms with Gasteiger partial charge in [-0.3, -0.25) is 0 Å². The number of aryl methyl sites for hydroxylation is 1. The smallest absolute Gasteiger partial charge is 0.119 e. The lowest BCUT2D eigenvalue weighted by molar-refractivity contribution is 0.415. The zero-order valence-corrected chi connectivity index (χ0v) is 13.7. The molecule has 0 aliphatic carbocycles. The van der Waals surface area contributed by atoms with Crippen molar-refractivity contribution in [1.29, 1.82) is 0 Å². The number of benzene rings is 2. The Morgan fingerprint density at radius 1 is 1.09 bits per heavy atom. The van der Waals surface area contributed by atoms with E-state index in [0.717, 1.165) is 17.9 Å². The van der Waals surface area contributed by atoms with Gasteiger partial charge < -0.3 is 10.1 Å². The first-order chi connectivity index (χ1) is 10.6. The van der Waals surface area contributed by atoms with E-state index in [1.54, 1.807) is 7.11 Å². The summed E-state index contributed by atoms with van der Waals surface area (Å²) in [6.07, 6.45) is 3.02. The van der Waals surface area contributed by atoms with E-state index in [-0.39, 0.29) is 6.04 Å². The summed E-state index contributed by atoms with van der Waals surface area (Å²) in [5, 5.41) is 3.63. The minimum absolute atomic E-state index is 0.266. The SMILES string of the molecule is C=C[C@@H](C)C[C@@H](Nc1ccc(OC)cc1)c1ccc(C)cc1. The number of hydrogen-bond acceptors (Lipinski definition) is 2. The summed E-state index contributed by atoms with van der Waals surface area (Å²) in [6.45, 7) is 8.22. The Bertz CT molecular complexity index is 586. The molecule has 0 spiro atoms. The zero-order chi connectivity index (χ0) is 15.9. The number of ether oxygens (including phenoxy) is 1. The van der Waals surface area contributed by atoms with Crippen LogP contribution in [0, 0.1) is 12.8 Å². The summed E-state index contributed by atoms with van der Waals surface area (Å²) in [5.41, 5.74) is 3.68. The van der Waals surface area contributed by atoms with Crippen LogP contribution in [0.15, 0.2) is 61.2 Å². The number of nitrogens with one attached hydrogen (secondary N) is 1. The van der Waals surface area contributed by atoms with E-state index in [9.17, 15) is 0 Å². The molecule has 0 amide bonds. The van der Waals surface area contributed by atoms with Crippen LogP contribution in [0.4, 0.5) is 5.69 Å². The van der Waals surface area contributed by atoms with Crippen LogP contribution < -0.4 is 10.1 Å². The summed E-state index contributed by atoms with van der Waals surface area (Å²) in [5.74, 6) is 1.33. The molecule has 0 bridgehead atoms. The zero-order valence-electron chi connectivity index (χ0n) is 13.7. The molecule has 0 aliphatic heterocycles. The molecule has 0 heterocycles. The normalized spacial score (nSPS) is 13.2. The van der Waals surface area contributed by atoms with E-state index in [1.165, 1.54) is 11.1 Å². The fourth-order valence-corrected chi connectivity index (χ4v) is 2.43. The molecule has 2 nitrogen and oxygen atoms in total. The largest absolute Gasteiger partial charge is 0.497 e. The predicted molar refractivity (Wildman–Crippen MR) is 94.5 cm³/mol. The van der Waals surface area contributed by atoms with Crippen LogP contribution >= 0.6 is 0 Å². The Hall–Kier alpha value is -2.22. The molecule has 22 heavy (non-hydrogen) atoms. The van der Waals surface area contributed by atoms with Crippen LogP contribution in [0.1, 0.15) is 30.5 Å². The van der Waals surface area contributed by atoms with Gasteiger partial charge in [0.05, 0.1) is 13.2 Å². The van der Waals surface area contributed by atoms with E-state index in [0.29, 0.717) is 5.92 Å². The third kappa shape index (κ3) is 4.39. The van der Waals surface area contributed by atoms with Crippen LogP contribution in [-0.4, -0.2) is 7.11 Å². The lowest BCUT2D eigenvalue weighted by Crippen LogP contribution is -2.13. The summed E-state index contributed by atoms with van der Waals surface area (Å²) in [4.78, 5) is 0. The third-order valence-corrected chi connectivity index (χ3v) is 3.92. The average Bonchev–Trinajstić information content (AvgIpc) is 2.55. The third-order valence-electron chi connectivity index (χ3n) is 3.92. The Morgan fingerprint density at radius 2 is 1.73 bits per heavy atom. The van der Waals surface area contributed by atoms with Crippen molar-refractivity contribution in [3.8, 4) is 5.75 Å². The molecule has 2 aromatic carbocycles. The van der Waals surface area contributed by atoms with Crippen molar-refractivity contribution in [2.24, 2.45) is 5.92 Å². The maximum Gasteiger partial charge on any atom is 0.119 e. The number of allylic oxidation sites excluding steroid dienone is 1. The number of hydrogen-bond donors (Lipinski definition) is 1. The molecule has 2 rings (SSSR count). The molecule has 0 unspecified atom stereocenters. The number of rotatable bonds is 7. The van der Waals surface area contributed by atoms with Crippen LogP contribution in [0.5, 0.6) is 5.75 Å². The fourth-order valence-electron chi connectivity index (χ4n) is 2.43. The second kappa shape index (κ2) is 7.69. The second-order valence-corrected chi connectivity index (χ2v) is 5.78. The predicted octanol–water partition coefficient (Wildman–Crippen LogP) is 5.37. The summed E-state index contributed by atoms with van der Waals surface area (Å²) in [6, 6.07) is 17.1. The van der Waals surface area contributed by atoms with Crippen LogP contribution in [0.25, 0.3) is 0 Å². The first-order valence-electron chi connectivity index (χ1n) is 7.72. The lowest BCUT2D eigenvalue weighted by Gasteiger charge is -2.23. The molecule has 2 atom stereocenters. The van der Waals surface area contributed by atoms with Crippen LogP contribution in [-0.2, 0) is 0 Å². The number of methoxy groups -OCH3 is 1. The van der Waals surface area contributed by atoms with Gasteiger partial charge in [0.1, 0.15) is 5.75 Å². The van der Waals surface area contributed by atoms with Gasteiger partial charge in [0, 0.05) is 5.69 Å². The van der Waals surface area contributed by atoms with Crippen molar-refractivity contribution in [3.63, 3.8) is 0 Å². The Morgan fingerprint density at radius 3 is 2.27 bits per heavy atom. The second-order valence-electron chi connectivity index (χ2n) is 5.78. The van der Waals surface area contributed by atoms with Gasteiger partial charge in [-0.05, 0) is 49.1 Å². The average molecular weight is 295 g/mol. The van der Waals surface area contributed by atoms with Gasteiger partial charge >= 0.3 is 0 Å². The minimum Gasteiger partial charge on any atom is -0.497 e. The highest BCUT2D eigenvalue weighted by molar-refractivity contribution is 5.48. The molecule has 0 saturated carbocycles. The minimum atomic E-state index is 0.266. The Kier molecular flexibility index (Phi) is 5.65. The van der Waals surface area contributed by atoms with Gasteiger partial charge in [-0.25, -0.2) is 0 Å². The van der Waals surface area contributed by atoms with Crippen LogP contribution in [0.2, 0.25) is 0 Å². The molecule has 1 N–H and O–H groups in total. The molecule has 0 fully saturated rings. The Labute approximate surface area is 133 Å². The van der Waals surface area contributed by atoms with Crippen molar-refractivity contribution in [2.45, 2.75) is 26.3 Å². The van der Waals surface area contributed by atoms with E-state index in [1.807, 2.05) is 18.2 Å². The standard InChI is InChI=1S/C20H25NO/c1-5-15(2)14-20(17-8-6-16(3)7-9-17)21-18-10-12-19(22-4)13-11-18/h5-13,15,20-21H,1,14H2,2-4H3/t15-,20-/m1/s1. The van der Waals surface area contributed by atoms with Gasteiger partial charge in [0.15, 0.2) is 0 Å². The molecule has 0 radical (unpaired) electrons. The van der Waals surface area contributed by atoms with Crippen molar-refractivity contribution < 1.29 is 4.74 Å². The van der Waals surface area contributed by atoms with E-state index >= 15 is 0 Å². The van der Waals surface area contributed by atoms with Gasteiger partial charge in [0.25, 0.3) is 0 Å². The highest BCUT2D eigenvalue weighted by Crippen LogP contribution is 2.27. The lowest BCUT2D eigenvalue weighted by atomic mass is 9.95. The summed E-state index contributed by atoms with van der Waals surface area (Å²) < 4.78 is 5.21. The molecule has 2 aromatic rings. The summed E-state index contributed by atoms with van der Waals surface area (Å²) in [7, 11) is 1.68. The maximum atomic E-state index is 5.21. The maximum absolute atomic E-state index is 5.21. The molecule has 116 valence electrons. The molecule has 0 aliphatic rings. The van der Waals surface area contributed by atoms with Crippen LogP contribution in [0.3, 0.4) is 0 Å². The van der Waals surface area contributed by atoms with Crippen molar-refractivity contribution in [1.82, 2.24) is 0 Å². The quantitative estimate of drug-likeness (QED) is 0.693. The first-order valence-corrected chi connectivity index (χ1v) is 7.72. The first kappa shape index (κ1) is 16.2. The van der Waals surface area contributed by atoms with Gasteiger partial charge in [-0.1, -0.05) is 42.8 Å². The van der Waals surface area contributed by atoms with Crippen molar-refractivity contribution in [2.75, 3.05) is 12.4 Å². The molecule has 0 saturated heterocycles. The van der Waals surface area contributed by atoms with E-state index in [4.69, 9.17) is 4.74 Å². The van der Waals surface area contributed by atoms with E-state index < -0.39 is 0 Å². The molecule has 2 heteroatoms. The van der Waals surface area contributed by atoms with Crippen molar-refractivity contribution in [3.05, 3.63) is 72.3 Å². The monoisotopic (exact) mass is 295 g/mol. The Balaban J connectivity index is 2.19. The summed E-state index contributed by atoms with van der Waals surface area (Å²) >= 11 is 0. The van der Waals surface area contributed by atoms with Gasteiger partial charge in [0.2, 0.25) is 0 Å². The highest BCUT2D eigenvalue weighted by Gasteiger charge is 2.14. The van der Waals surface area contributed by atoms with Gasteiger partial charge in [-0.15, -0.1) is 6.58 Å². The molecule has 0 aromatic heterocycles. The highest BCUT2D eigenvalue weighted by atomic mass is 16.5. The topological polar surface area (TPSA) is 21.3 Å². The fraction of sp³-hybridized carbons (Fsp3) is 0.300. The van der Waals surface area contributed by atoms with Gasteiger partial charge in [-0.2, -0.15) is 0 Å². The molecular formula is C20H25NO. The number of anilines is 1.